The van der Waals surface area contributed by atoms with Crippen LogP contribution in [0.2, 0.25) is 0 Å². The minimum atomic E-state index is 0.207. The summed E-state index contributed by atoms with van der Waals surface area (Å²) in [6, 6.07) is 55.0. The third kappa shape index (κ3) is 4.18. The third-order valence-corrected chi connectivity index (χ3v) is 11.6. The van der Waals surface area contributed by atoms with E-state index >= 15 is 0 Å². The highest BCUT2D eigenvalue weighted by atomic mass is 16.3. The predicted octanol–water partition coefficient (Wildman–Crippen LogP) is 13.6. The lowest BCUT2D eigenvalue weighted by atomic mass is 9.93. The second kappa shape index (κ2) is 11.7. The van der Waals surface area contributed by atoms with Crippen LogP contribution in [0.3, 0.4) is 0 Å². The molecule has 8 aromatic carbocycles. The molecule has 7 heteroatoms. The molecular weight excluding hydrogens is 715 g/mol. The quantitative estimate of drug-likeness (QED) is 0.169. The molecule has 0 saturated carbocycles. The van der Waals surface area contributed by atoms with Crippen LogP contribution < -0.4 is 0 Å². The van der Waals surface area contributed by atoms with Crippen LogP contribution in [-0.4, -0.2) is 9.13 Å². The normalized spacial score (nSPS) is 11.7. The van der Waals surface area contributed by atoms with Crippen molar-refractivity contribution >= 4 is 93.2 Å². The van der Waals surface area contributed by atoms with Crippen LogP contribution in [0.4, 0.5) is 5.69 Å². The van der Waals surface area contributed by atoms with Crippen molar-refractivity contribution in [3.05, 3.63) is 174 Å². The number of hydrogen-bond donors (Lipinski definition) is 0. The maximum absolute atomic E-state index is 10.8. The molecule has 0 fully saturated rings. The van der Waals surface area contributed by atoms with Crippen molar-refractivity contribution in [2.75, 3.05) is 0 Å². The number of hydrogen-bond acceptors (Lipinski definition) is 4. The summed E-state index contributed by atoms with van der Waals surface area (Å²) in [6.07, 6.45) is 0. The van der Waals surface area contributed by atoms with Gasteiger partial charge in [-0.15, -0.1) is 0 Å². The molecule has 0 spiro atoms. The molecule has 0 N–H and O–H groups in total. The average Bonchev–Trinajstić information content (AvgIpc) is 4.03. The first kappa shape index (κ1) is 31.7. The van der Waals surface area contributed by atoms with E-state index in [4.69, 9.17) is 15.4 Å². The second-order valence-corrected chi connectivity index (χ2v) is 14.5. The van der Waals surface area contributed by atoms with Crippen molar-refractivity contribution in [2.24, 2.45) is 0 Å². The number of rotatable bonds is 3. The van der Waals surface area contributed by atoms with Crippen LogP contribution in [-0.2, 0) is 0 Å². The summed E-state index contributed by atoms with van der Waals surface area (Å²) in [4.78, 5) is 3.98. The Bertz CT molecular complexity index is 3910. The zero-order chi connectivity index (χ0) is 38.6. The summed E-state index contributed by atoms with van der Waals surface area (Å²) in [6.45, 7) is 8.34. The number of aromatic nitrogens is 2. The Balaban J connectivity index is 1.19. The number of fused-ring (bicyclic) bond motifs is 14. The lowest BCUT2D eigenvalue weighted by Crippen LogP contribution is -2.00. The first-order valence-corrected chi connectivity index (χ1v) is 18.8. The molecule has 0 aliphatic heterocycles. The van der Waals surface area contributed by atoms with Crippen LogP contribution >= 0.6 is 0 Å². The fourth-order valence-electron chi connectivity index (χ4n) is 9.22. The van der Waals surface area contributed by atoms with Gasteiger partial charge in [-0.25, -0.2) is 4.85 Å². The van der Waals surface area contributed by atoms with Crippen molar-refractivity contribution < 1.29 is 8.83 Å². The van der Waals surface area contributed by atoms with Crippen molar-refractivity contribution in [1.29, 1.82) is 10.5 Å². The van der Waals surface area contributed by atoms with Gasteiger partial charge in [-0.3, -0.25) is 0 Å². The molecule has 0 aliphatic rings. The van der Waals surface area contributed by atoms with Crippen molar-refractivity contribution in [3.63, 3.8) is 0 Å². The Labute approximate surface area is 329 Å². The lowest BCUT2D eigenvalue weighted by molar-refractivity contribution is 0.669. The SMILES string of the molecule is [C-]#[N+]c1ccc(-n2c3ccccc3c3ccc4oc5ccccc5c4c32)cc1-c1cc(-n2c3ccccc3c3ccc4oc5ccccc5c4c32)cc(C#N)c1C#N. The van der Waals surface area contributed by atoms with Crippen molar-refractivity contribution in [2.45, 2.75) is 0 Å². The summed E-state index contributed by atoms with van der Waals surface area (Å²) in [5.41, 5.74) is 10.3. The van der Waals surface area contributed by atoms with E-state index in [0.717, 1.165) is 93.2 Å². The van der Waals surface area contributed by atoms with Gasteiger partial charge in [0.15, 0.2) is 5.69 Å². The summed E-state index contributed by atoms with van der Waals surface area (Å²) in [7, 11) is 0. The van der Waals surface area contributed by atoms with Crippen molar-refractivity contribution in [3.8, 4) is 34.6 Å². The van der Waals surface area contributed by atoms with Gasteiger partial charge in [0, 0.05) is 43.7 Å². The van der Waals surface area contributed by atoms with Crippen LogP contribution in [0.25, 0.3) is 115 Å². The zero-order valence-corrected chi connectivity index (χ0v) is 30.5. The third-order valence-electron chi connectivity index (χ3n) is 11.6. The minimum absolute atomic E-state index is 0.207. The smallest absolute Gasteiger partial charge is 0.195 e. The lowest BCUT2D eigenvalue weighted by Gasteiger charge is -2.16. The Morgan fingerprint density at radius 1 is 0.466 bits per heavy atom. The Morgan fingerprint density at radius 2 is 0.983 bits per heavy atom. The number of para-hydroxylation sites is 4. The molecule has 266 valence electrons. The number of benzene rings is 8. The molecule has 7 nitrogen and oxygen atoms in total. The van der Waals surface area contributed by atoms with E-state index in [0.29, 0.717) is 22.5 Å². The van der Waals surface area contributed by atoms with E-state index in [9.17, 15) is 10.5 Å². The van der Waals surface area contributed by atoms with E-state index in [1.807, 2.05) is 97.1 Å². The van der Waals surface area contributed by atoms with Gasteiger partial charge >= 0.3 is 0 Å². The molecule has 0 saturated heterocycles. The van der Waals surface area contributed by atoms with E-state index in [1.165, 1.54) is 0 Å². The van der Waals surface area contributed by atoms with Crippen LogP contribution in [0.5, 0.6) is 0 Å². The van der Waals surface area contributed by atoms with Gasteiger partial charge in [0.2, 0.25) is 0 Å². The molecular formula is C51H25N5O2. The van der Waals surface area contributed by atoms with Gasteiger partial charge in [-0.05, 0) is 83.9 Å². The molecule has 0 atom stereocenters. The molecule has 4 aromatic heterocycles. The summed E-state index contributed by atoms with van der Waals surface area (Å²) >= 11 is 0. The van der Waals surface area contributed by atoms with Gasteiger partial charge in [-0.2, -0.15) is 10.5 Å². The van der Waals surface area contributed by atoms with Gasteiger partial charge in [0.05, 0.1) is 50.5 Å². The molecule has 0 radical (unpaired) electrons. The Morgan fingerprint density at radius 3 is 1.53 bits per heavy atom. The molecule has 0 bridgehead atoms. The molecule has 0 amide bonds. The fourth-order valence-corrected chi connectivity index (χ4v) is 9.22. The summed E-state index contributed by atoms with van der Waals surface area (Å²) in [5.74, 6) is 0. The summed E-state index contributed by atoms with van der Waals surface area (Å²) < 4.78 is 17.1. The molecule has 0 aliphatic carbocycles. The van der Waals surface area contributed by atoms with Crippen LogP contribution in [0, 0.1) is 29.2 Å². The van der Waals surface area contributed by atoms with Crippen molar-refractivity contribution in [1.82, 2.24) is 9.13 Å². The first-order valence-electron chi connectivity index (χ1n) is 18.8. The van der Waals surface area contributed by atoms with Gasteiger partial charge in [0.1, 0.15) is 34.5 Å². The maximum atomic E-state index is 10.8. The number of furan rings is 2. The minimum Gasteiger partial charge on any atom is -0.456 e. The van der Waals surface area contributed by atoms with Gasteiger partial charge < -0.3 is 18.0 Å². The average molecular weight is 740 g/mol. The van der Waals surface area contributed by atoms with E-state index in [-0.39, 0.29) is 11.1 Å². The zero-order valence-electron chi connectivity index (χ0n) is 30.5. The van der Waals surface area contributed by atoms with Gasteiger partial charge in [-0.1, -0.05) is 78.9 Å². The van der Waals surface area contributed by atoms with E-state index in [1.54, 1.807) is 6.07 Å². The predicted molar refractivity (Wildman–Crippen MR) is 231 cm³/mol. The van der Waals surface area contributed by atoms with E-state index in [2.05, 4.69) is 74.6 Å². The molecule has 58 heavy (non-hydrogen) atoms. The van der Waals surface area contributed by atoms with Crippen LogP contribution in [0.15, 0.2) is 160 Å². The van der Waals surface area contributed by atoms with E-state index < -0.39 is 0 Å². The largest absolute Gasteiger partial charge is 0.456 e. The second-order valence-electron chi connectivity index (χ2n) is 14.5. The maximum Gasteiger partial charge on any atom is 0.195 e. The standard InChI is InChI=1S/C51H25N5O2/c1-54-41-21-18-30(55-42-14-6-2-10-32(42)34-19-22-46-48(50(34)55)36-12-4-8-16-44(36)57-46)25-39(41)38-26-31(24-29(27-52)40(38)28-53)56-43-15-7-3-11-33(43)35-20-23-47-49(51(35)56)37-13-5-9-17-45(37)58-47/h2-26H. The molecule has 0 unspecified atom stereocenters. The highest BCUT2D eigenvalue weighted by Gasteiger charge is 2.24. The Hall–Kier alpha value is -8.57. The first-order chi connectivity index (χ1) is 28.6. The van der Waals surface area contributed by atoms with Gasteiger partial charge in [0.25, 0.3) is 0 Å². The highest BCUT2D eigenvalue weighted by Crippen LogP contribution is 2.45. The topological polar surface area (TPSA) is 88.1 Å². The fraction of sp³-hybridized carbons (Fsp3) is 0. The molecule has 4 heterocycles. The number of nitrogens with zero attached hydrogens (tertiary/aromatic N) is 5. The molecule has 12 aromatic rings. The highest BCUT2D eigenvalue weighted by molar-refractivity contribution is 6.26. The molecule has 12 rings (SSSR count). The number of nitriles is 2. The van der Waals surface area contributed by atoms with Crippen LogP contribution in [0.1, 0.15) is 11.1 Å². The Kier molecular flexibility index (Phi) is 6.41. The monoisotopic (exact) mass is 739 g/mol. The summed E-state index contributed by atoms with van der Waals surface area (Å²) in [5, 5.41) is 29.6.